The van der Waals surface area contributed by atoms with Gasteiger partial charge in [0, 0.05) is 24.0 Å². The van der Waals surface area contributed by atoms with E-state index in [9.17, 15) is 8.42 Å². The van der Waals surface area contributed by atoms with E-state index in [0.29, 0.717) is 18.7 Å². The molecule has 0 saturated heterocycles. The summed E-state index contributed by atoms with van der Waals surface area (Å²) < 4.78 is 26.7. The lowest BCUT2D eigenvalue weighted by Gasteiger charge is -2.08. The van der Waals surface area contributed by atoms with E-state index in [-0.39, 0.29) is 4.90 Å². The van der Waals surface area contributed by atoms with Crippen LogP contribution < -0.4 is 10.5 Å². The number of nitrogens with two attached hydrogens (primary N) is 1. The normalized spacial score (nSPS) is 11.6. The second-order valence-electron chi connectivity index (χ2n) is 4.21. The molecule has 0 amide bonds. The van der Waals surface area contributed by atoms with Crippen LogP contribution in [0.2, 0.25) is 0 Å². The molecule has 1 heterocycles. The molecule has 0 fully saturated rings. The fourth-order valence-corrected chi connectivity index (χ4v) is 3.45. The van der Waals surface area contributed by atoms with Gasteiger partial charge in [0.2, 0.25) is 10.0 Å². The van der Waals surface area contributed by atoms with Crippen LogP contribution in [0.3, 0.4) is 0 Å². The maximum absolute atomic E-state index is 12.1. The Morgan fingerprint density at radius 1 is 1.37 bits per heavy atom. The standard InChI is InChI=1S/C12H15N3O2S2/c1-9-4-10(13)6-12(5-9)19(16,17)15-3-2-11-7-18-8-14-11/h4-8,15H,2-3,13H2,1H3. The van der Waals surface area contributed by atoms with Crippen LogP contribution in [0.15, 0.2) is 34.0 Å². The van der Waals surface area contributed by atoms with Gasteiger partial charge in [-0.25, -0.2) is 18.1 Å². The third kappa shape index (κ3) is 3.76. The maximum atomic E-state index is 12.1. The minimum Gasteiger partial charge on any atom is -0.399 e. The van der Waals surface area contributed by atoms with Crippen molar-refractivity contribution >= 4 is 27.0 Å². The van der Waals surface area contributed by atoms with Gasteiger partial charge in [-0.05, 0) is 30.7 Å². The fourth-order valence-electron chi connectivity index (χ4n) is 1.69. The van der Waals surface area contributed by atoms with Crippen LogP contribution in [0.1, 0.15) is 11.3 Å². The molecular weight excluding hydrogens is 282 g/mol. The monoisotopic (exact) mass is 297 g/mol. The summed E-state index contributed by atoms with van der Waals surface area (Å²) in [7, 11) is -3.51. The van der Waals surface area contributed by atoms with Gasteiger partial charge in [-0.3, -0.25) is 0 Å². The Labute approximate surface area is 116 Å². The van der Waals surface area contributed by atoms with Crippen molar-refractivity contribution < 1.29 is 8.42 Å². The van der Waals surface area contributed by atoms with Gasteiger partial charge in [0.25, 0.3) is 0 Å². The van der Waals surface area contributed by atoms with Gasteiger partial charge >= 0.3 is 0 Å². The highest BCUT2D eigenvalue weighted by Gasteiger charge is 2.14. The van der Waals surface area contributed by atoms with E-state index in [4.69, 9.17) is 5.73 Å². The van der Waals surface area contributed by atoms with Crippen LogP contribution in [-0.2, 0) is 16.4 Å². The first-order valence-electron chi connectivity index (χ1n) is 5.71. The number of aromatic nitrogens is 1. The van der Waals surface area contributed by atoms with Gasteiger partial charge in [-0.1, -0.05) is 0 Å². The van der Waals surface area contributed by atoms with Gasteiger partial charge < -0.3 is 5.73 Å². The number of anilines is 1. The van der Waals surface area contributed by atoms with E-state index < -0.39 is 10.0 Å². The number of nitrogens with one attached hydrogen (secondary N) is 1. The smallest absolute Gasteiger partial charge is 0.240 e. The lowest BCUT2D eigenvalue weighted by atomic mass is 10.2. The zero-order valence-corrected chi connectivity index (χ0v) is 12.1. The lowest BCUT2D eigenvalue weighted by Crippen LogP contribution is -2.26. The van der Waals surface area contributed by atoms with Crippen molar-refractivity contribution in [3.8, 4) is 0 Å². The van der Waals surface area contributed by atoms with Crippen LogP contribution in [0, 0.1) is 6.92 Å². The van der Waals surface area contributed by atoms with Crippen molar-refractivity contribution in [2.45, 2.75) is 18.2 Å². The summed E-state index contributed by atoms with van der Waals surface area (Å²) in [4.78, 5) is 4.30. The van der Waals surface area contributed by atoms with Crippen LogP contribution >= 0.6 is 11.3 Å². The van der Waals surface area contributed by atoms with E-state index in [1.807, 2.05) is 12.3 Å². The van der Waals surface area contributed by atoms with Crippen molar-refractivity contribution in [1.29, 1.82) is 0 Å². The fraction of sp³-hybridized carbons (Fsp3) is 0.250. The number of hydrogen-bond donors (Lipinski definition) is 2. The molecule has 0 saturated carbocycles. The Kier molecular flexibility index (Phi) is 4.18. The molecule has 1 aromatic heterocycles. The number of thiazole rings is 1. The minimum atomic E-state index is -3.51. The lowest BCUT2D eigenvalue weighted by molar-refractivity contribution is 0.581. The molecule has 0 aliphatic rings. The molecule has 0 bridgehead atoms. The summed E-state index contributed by atoms with van der Waals surface area (Å²) in [5.74, 6) is 0. The quantitative estimate of drug-likeness (QED) is 0.820. The second kappa shape index (κ2) is 5.68. The van der Waals surface area contributed by atoms with E-state index >= 15 is 0 Å². The first kappa shape index (κ1) is 14.0. The molecular formula is C12H15N3O2S2. The van der Waals surface area contributed by atoms with Crippen LogP contribution in [-0.4, -0.2) is 19.9 Å². The highest BCUT2D eigenvalue weighted by molar-refractivity contribution is 7.89. The van der Waals surface area contributed by atoms with E-state index in [2.05, 4.69) is 9.71 Å². The number of nitrogen functional groups attached to an aromatic ring is 1. The number of rotatable bonds is 5. The topological polar surface area (TPSA) is 85.1 Å². The average Bonchev–Trinajstić information content (AvgIpc) is 2.80. The van der Waals surface area contributed by atoms with E-state index in [0.717, 1.165) is 11.3 Å². The number of aryl methyl sites for hydroxylation is 1. The molecule has 0 aliphatic carbocycles. The first-order valence-corrected chi connectivity index (χ1v) is 8.14. The number of hydrogen-bond acceptors (Lipinski definition) is 5. The Morgan fingerprint density at radius 3 is 2.79 bits per heavy atom. The third-order valence-corrected chi connectivity index (χ3v) is 4.62. The van der Waals surface area contributed by atoms with Crippen molar-refractivity contribution in [2.24, 2.45) is 0 Å². The summed E-state index contributed by atoms with van der Waals surface area (Å²) in [5, 5.41) is 1.90. The zero-order chi connectivity index (χ0) is 13.9. The van der Waals surface area contributed by atoms with Crippen molar-refractivity contribution in [3.05, 3.63) is 40.3 Å². The number of sulfonamides is 1. The molecule has 0 radical (unpaired) electrons. The molecule has 3 N–H and O–H groups in total. The molecule has 19 heavy (non-hydrogen) atoms. The highest BCUT2D eigenvalue weighted by atomic mass is 32.2. The molecule has 5 nitrogen and oxygen atoms in total. The van der Waals surface area contributed by atoms with Crippen LogP contribution in [0.5, 0.6) is 0 Å². The van der Waals surface area contributed by atoms with Crippen molar-refractivity contribution in [1.82, 2.24) is 9.71 Å². The highest BCUT2D eigenvalue weighted by Crippen LogP contribution is 2.16. The van der Waals surface area contributed by atoms with Gasteiger partial charge in [-0.2, -0.15) is 0 Å². The molecule has 102 valence electrons. The Bertz CT molecular complexity index is 631. The number of benzene rings is 1. The molecule has 1 aromatic carbocycles. The summed E-state index contributed by atoms with van der Waals surface area (Å²) >= 11 is 1.49. The zero-order valence-electron chi connectivity index (χ0n) is 10.5. The largest absolute Gasteiger partial charge is 0.399 e. The van der Waals surface area contributed by atoms with Gasteiger partial charge in [0.05, 0.1) is 16.1 Å². The minimum absolute atomic E-state index is 0.197. The molecule has 0 spiro atoms. The molecule has 0 atom stereocenters. The Balaban J connectivity index is 2.05. The number of nitrogens with zero attached hydrogens (tertiary/aromatic N) is 1. The van der Waals surface area contributed by atoms with Crippen LogP contribution in [0.25, 0.3) is 0 Å². The Hall–Kier alpha value is -1.44. The SMILES string of the molecule is Cc1cc(N)cc(S(=O)(=O)NCCc2cscn2)c1. The Morgan fingerprint density at radius 2 is 2.16 bits per heavy atom. The van der Waals surface area contributed by atoms with Gasteiger partial charge in [0.15, 0.2) is 0 Å². The third-order valence-electron chi connectivity index (χ3n) is 2.54. The molecule has 0 aliphatic heterocycles. The summed E-state index contributed by atoms with van der Waals surface area (Å²) in [6.07, 6.45) is 0.573. The predicted octanol–water partition coefficient (Wildman–Crippen LogP) is 1.55. The van der Waals surface area contributed by atoms with Gasteiger partial charge in [0.1, 0.15) is 0 Å². The average molecular weight is 297 g/mol. The predicted molar refractivity (Wildman–Crippen MR) is 76.6 cm³/mol. The molecule has 0 unspecified atom stereocenters. The maximum Gasteiger partial charge on any atom is 0.240 e. The summed E-state index contributed by atoms with van der Waals surface area (Å²) in [5.41, 5.74) is 9.54. The van der Waals surface area contributed by atoms with Crippen molar-refractivity contribution in [3.63, 3.8) is 0 Å². The molecule has 2 rings (SSSR count). The first-order chi connectivity index (χ1) is 8.97. The van der Waals surface area contributed by atoms with E-state index in [1.54, 1.807) is 17.6 Å². The molecule has 7 heteroatoms. The van der Waals surface area contributed by atoms with Crippen molar-refractivity contribution in [2.75, 3.05) is 12.3 Å². The van der Waals surface area contributed by atoms with Crippen LogP contribution in [0.4, 0.5) is 5.69 Å². The summed E-state index contributed by atoms with van der Waals surface area (Å²) in [6, 6.07) is 4.79. The van der Waals surface area contributed by atoms with E-state index in [1.165, 1.54) is 17.4 Å². The summed E-state index contributed by atoms with van der Waals surface area (Å²) in [6.45, 7) is 2.13. The second-order valence-corrected chi connectivity index (χ2v) is 6.69. The van der Waals surface area contributed by atoms with Gasteiger partial charge in [-0.15, -0.1) is 11.3 Å². The molecule has 2 aromatic rings.